The van der Waals surface area contributed by atoms with E-state index < -0.39 is 47.5 Å². The van der Waals surface area contributed by atoms with Crippen LogP contribution in [0.2, 0.25) is 0 Å². The second-order valence-electron chi connectivity index (χ2n) is 4.89. The molecule has 24 heavy (non-hydrogen) atoms. The van der Waals surface area contributed by atoms with Crippen LogP contribution in [0.15, 0.2) is 0 Å². The van der Waals surface area contributed by atoms with E-state index in [1.807, 2.05) is 0 Å². The first-order valence-electron chi connectivity index (χ1n) is 5.60. The van der Waals surface area contributed by atoms with Crippen LogP contribution in [0.4, 0.5) is 57.1 Å². The minimum absolute atomic E-state index is 0.451. The Morgan fingerprint density at radius 3 is 1.12 bits per heavy atom. The highest BCUT2D eigenvalue weighted by molar-refractivity contribution is 5.88. The first-order chi connectivity index (χ1) is 10.1. The summed E-state index contributed by atoms with van der Waals surface area (Å²) < 4.78 is 164. The minimum atomic E-state index is -7.98. The first-order valence-corrected chi connectivity index (χ1v) is 5.60. The third kappa shape index (κ3) is 2.80. The number of halogens is 13. The normalized spacial score (nSPS) is 15.8. The number of ketones is 1. The molecule has 0 aliphatic rings. The molecule has 0 aromatic carbocycles. The van der Waals surface area contributed by atoms with Gasteiger partial charge in [0.25, 0.3) is 0 Å². The Kier molecular flexibility index (Phi) is 5.35. The minimum Gasteiger partial charge on any atom is -0.292 e. The smallest absolute Gasteiger partial charge is 0.292 e. The van der Waals surface area contributed by atoms with Crippen LogP contribution in [-0.4, -0.2) is 41.6 Å². The molecule has 0 aliphatic carbocycles. The maximum atomic E-state index is 13.1. The van der Waals surface area contributed by atoms with Gasteiger partial charge in [0.1, 0.15) is 0 Å². The summed E-state index contributed by atoms with van der Waals surface area (Å²) in [7, 11) is 0. The lowest BCUT2D eigenvalue weighted by Crippen LogP contribution is -2.71. The second kappa shape index (κ2) is 5.64. The summed E-state index contributed by atoms with van der Waals surface area (Å²) >= 11 is 0. The molecule has 0 rings (SSSR count). The van der Waals surface area contributed by atoms with Gasteiger partial charge in [-0.25, -0.2) is 0 Å². The van der Waals surface area contributed by atoms with Gasteiger partial charge in [0.15, 0.2) is 0 Å². The van der Waals surface area contributed by atoms with E-state index in [1.165, 1.54) is 0 Å². The molecule has 0 bridgehead atoms. The Bertz CT molecular complexity index is 487. The second-order valence-corrected chi connectivity index (χ2v) is 4.89. The summed E-state index contributed by atoms with van der Waals surface area (Å²) in [4.78, 5) is 10.8. The highest BCUT2D eigenvalue weighted by Gasteiger charge is 2.91. The summed E-state index contributed by atoms with van der Waals surface area (Å²) in [5, 5.41) is 0. The van der Waals surface area contributed by atoms with Crippen LogP contribution in [-0.2, 0) is 4.79 Å². The van der Waals surface area contributed by atoms with E-state index in [2.05, 4.69) is 0 Å². The van der Waals surface area contributed by atoms with Crippen molar-refractivity contribution in [1.82, 2.24) is 0 Å². The van der Waals surface area contributed by atoms with Gasteiger partial charge in [-0.15, -0.1) is 0 Å². The molecule has 0 saturated heterocycles. The summed E-state index contributed by atoms with van der Waals surface area (Å²) in [5.41, 5.74) is 0. The molecule has 0 N–H and O–H groups in total. The van der Waals surface area contributed by atoms with Crippen molar-refractivity contribution in [3.8, 4) is 0 Å². The molecule has 0 aliphatic heterocycles. The Morgan fingerprint density at radius 2 is 0.875 bits per heavy atom. The summed E-state index contributed by atoms with van der Waals surface area (Å²) in [6.07, 6.45) is -7.46. The SMILES string of the molecule is CC(C)C(=O)C(F)(F)C(F)(F)C(F)(F)C(F)(F)C(F)(F)C(F)(F)F. The number of carbonyl (C=O) groups is 1. The molecule has 144 valence electrons. The third-order valence-electron chi connectivity index (χ3n) is 2.77. The number of Topliss-reactive ketones (excluding diaryl/α,β-unsaturated/α-hetero) is 1. The quantitative estimate of drug-likeness (QED) is 0.587. The highest BCUT2D eigenvalue weighted by atomic mass is 19.4. The van der Waals surface area contributed by atoms with Gasteiger partial charge in [-0.2, -0.15) is 57.1 Å². The van der Waals surface area contributed by atoms with Crippen molar-refractivity contribution in [3.05, 3.63) is 0 Å². The fourth-order valence-corrected chi connectivity index (χ4v) is 1.29. The Labute approximate surface area is 124 Å². The Morgan fingerprint density at radius 1 is 0.583 bits per heavy atom. The lowest BCUT2D eigenvalue weighted by atomic mass is 9.89. The van der Waals surface area contributed by atoms with Crippen LogP contribution in [0.5, 0.6) is 0 Å². The molecular weight excluding hydrogens is 383 g/mol. The molecule has 0 fully saturated rings. The average molecular weight is 390 g/mol. The molecule has 0 heterocycles. The number of rotatable bonds is 6. The average Bonchev–Trinajstić information content (AvgIpc) is 2.35. The number of hydrogen-bond acceptors (Lipinski definition) is 1. The van der Waals surface area contributed by atoms with E-state index in [4.69, 9.17) is 0 Å². The van der Waals surface area contributed by atoms with E-state index in [0.29, 0.717) is 13.8 Å². The van der Waals surface area contributed by atoms with Gasteiger partial charge in [0.05, 0.1) is 0 Å². The zero-order chi connectivity index (χ0) is 20.2. The van der Waals surface area contributed by atoms with E-state index in [0.717, 1.165) is 0 Å². The van der Waals surface area contributed by atoms with Gasteiger partial charge in [0.2, 0.25) is 5.78 Å². The molecular formula is C10H7F13O. The van der Waals surface area contributed by atoms with Crippen LogP contribution in [0, 0.1) is 5.92 Å². The van der Waals surface area contributed by atoms with Gasteiger partial charge in [0, 0.05) is 5.92 Å². The van der Waals surface area contributed by atoms with Crippen LogP contribution in [0.25, 0.3) is 0 Å². The third-order valence-corrected chi connectivity index (χ3v) is 2.77. The topological polar surface area (TPSA) is 17.1 Å². The summed E-state index contributed by atoms with van der Waals surface area (Å²) in [6, 6.07) is 0. The van der Waals surface area contributed by atoms with E-state index in [9.17, 15) is 61.9 Å². The fraction of sp³-hybridized carbons (Fsp3) is 0.900. The van der Waals surface area contributed by atoms with Crippen molar-refractivity contribution in [3.63, 3.8) is 0 Å². The maximum Gasteiger partial charge on any atom is 0.460 e. The van der Waals surface area contributed by atoms with E-state index in [1.54, 1.807) is 0 Å². The van der Waals surface area contributed by atoms with Gasteiger partial charge in [-0.05, 0) is 0 Å². The number of carbonyl (C=O) groups excluding carboxylic acids is 1. The Hall–Kier alpha value is -1.24. The summed E-state index contributed by atoms with van der Waals surface area (Å²) in [5.74, 6) is -43.1. The predicted molar refractivity (Wildman–Crippen MR) is 50.6 cm³/mol. The standard InChI is InChI=1S/C10H7F13O/c1-3(2)4(24)5(11,12)6(13,14)7(15,16)8(17,18)9(19,20)10(21,22)23/h3H,1-2H3. The molecule has 0 saturated carbocycles. The van der Waals surface area contributed by atoms with Crippen molar-refractivity contribution in [1.29, 1.82) is 0 Å². The predicted octanol–water partition coefficient (Wildman–Crippen LogP) is 4.95. The fourth-order valence-electron chi connectivity index (χ4n) is 1.29. The zero-order valence-electron chi connectivity index (χ0n) is 11.4. The van der Waals surface area contributed by atoms with Crippen LogP contribution < -0.4 is 0 Å². The molecule has 0 spiro atoms. The molecule has 1 nitrogen and oxygen atoms in total. The maximum absolute atomic E-state index is 13.1. The van der Waals surface area contributed by atoms with Crippen molar-refractivity contribution in [2.75, 3.05) is 0 Å². The van der Waals surface area contributed by atoms with Crippen LogP contribution >= 0.6 is 0 Å². The number of alkyl halides is 13. The van der Waals surface area contributed by atoms with Gasteiger partial charge in [-0.1, -0.05) is 13.8 Å². The van der Waals surface area contributed by atoms with E-state index >= 15 is 0 Å². The van der Waals surface area contributed by atoms with Crippen molar-refractivity contribution >= 4 is 5.78 Å². The molecule has 0 aromatic rings. The molecule has 0 atom stereocenters. The molecule has 0 aromatic heterocycles. The van der Waals surface area contributed by atoms with Gasteiger partial charge in [-0.3, -0.25) is 4.79 Å². The lowest BCUT2D eigenvalue weighted by molar-refractivity contribution is -0.436. The molecule has 0 amide bonds. The van der Waals surface area contributed by atoms with Gasteiger partial charge >= 0.3 is 35.8 Å². The highest BCUT2D eigenvalue weighted by Crippen LogP contribution is 2.60. The van der Waals surface area contributed by atoms with Gasteiger partial charge < -0.3 is 0 Å². The van der Waals surface area contributed by atoms with Crippen molar-refractivity contribution in [2.45, 2.75) is 49.6 Å². The van der Waals surface area contributed by atoms with Crippen molar-refractivity contribution in [2.24, 2.45) is 5.92 Å². The van der Waals surface area contributed by atoms with E-state index in [-0.39, 0.29) is 0 Å². The van der Waals surface area contributed by atoms with Crippen molar-refractivity contribution < 1.29 is 61.9 Å². The first kappa shape index (κ1) is 22.8. The lowest BCUT2D eigenvalue weighted by Gasteiger charge is -2.39. The van der Waals surface area contributed by atoms with Crippen LogP contribution in [0.3, 0.4) is 0 Å². The molecule has 0 radical (unpaired) electrons. The number of hydrogen-bond donors (Lipinski definition) is 0. The largest absolute Gasteiger partial charge is 0.460 e. The van der Waals surface area contributed by atoms with Crippen LogP contribution in [0.1, 0.15) is 13.8 Å². The zero-order valence-corrected chi connectivity index (χ0v) is 11.4. The molecule has 14 heteroatoms. The molecule has 0 unspecified atom stereocenters. The Balaban J connectivity index is 6.36. The monoisotopic (exact) mass is 390 g/mol. The summed E-state index contributed by atoms with van der Waals surface area (Å²) in [6.45, 7) is 0.903.